The molecule has 0 saturated carbocycles. The van der Waals surface area contributed by atoms with Gasteiger partial charge < -0.3 is 5.32 Å². The van der Waals surface area contributed by atoms with Crippen molar-refractivity contribution in [2.45, 2.75) is 39.7 Å². The maximum absolute atomic E-state index is 6.36. The monoisotopic (exact) mass is 317 g/mol. The summed E-state index contributed by atoms with van der Waals surface area (Å²) < 4.78 is 0.976. The van der Waals surface area contributed by atoms with Crippen LogP contribution in [0.3, 0.4) is 0 Å². The molecule has 0 spiro atoms. The van der Waals surface area contributed by atoms with E-state index in [0.717, 1.165) is 28.9 Å². The summed E-state index contributed by atoms with van der Waals surface area (Å²) >= 11 is 9.85. The van der Waals surface area contributed by atoms with E-state index in [1.807, 2.05) is 12.1 Å². The molecule has 0 heterocycles. The zero-order valence-electron chi connectivity index (χ0n) is 10.8. The first-order chi connectivity index (χ1) is 8.06. The molecule has 1 atom stereocenters. The molecule has 1 aromatic rings. The normalized spacial score (nSPS) is 13.1. The molecule has 1 rings (SSSR count). The molecule has 1 unspecified atom stereocenters. The molecule has 0 saturated heterocycles. The van der Waals surface area contributed by atoms with Gasteiger partial charge in [0.1, 0.15) is 0 Å². The highest BCUT2D eigenvalue weighted by Gasteiger charge is 2.16. The Bertz CT molecular complexity index is 352. The number of benzene rings is 1. The lowest BCUT2D eigenvalue weighted by Gasteiger charge is -2.22. The van der Waals surface area contributed by atoms with Gasteiger partial charge in [0.05, 0.1) is 5.02 Å². The molecule has 0 fully saturated rings. The van der Waals surface area contributed by atoms with Crippen molar-refractivity contribution in [3.63, 3.8) is 0 Å². The highest BCUT2D eigenvalue weighted by atomic mass is 79.9. The minimum absolute atomic E-state index is 0.347. The summed E-state index contributed by atoms with van der Waals surface area (Å²) in [4.78, 5) is 0. The summed E-state index contributed by atoms with van der Waals surface area (Å²) in [5.41, 5.74) is 1.20. The molecule has 0 aliphatic heterocycles. The lowest BCUT2D eigenvalue weighted by atomic mass is 9.97. The maximum atomic E-state index is 6.36. The second-order valence-electron chi connectivity index (χ2n) is 4.78. The Kier molecular flexibility index (Phi) is 6.53. The molecule has 0 aliphatic carbocycles. The second-order valence-corrected chi connectivity index (χ2v) is 6.01. The van der Waals surface area contributed by atoms with Gasteiger partial charge in [-0.3, -0.25) is 0 Å². The summed E-state index contributed by atoms with van der Waals surface area (Å²) in [5, 5.41) is 4.41. The molecule has 1 aromatic carbocycles. The van der Waals surface area contributed by atoms with Crippen LogP contribution in [0.4, 0.5) is 0 Å². The Morgan fingerprint density at radius 1 is 1.35 bits per heavy atom. The Morgan fingerprint density at radius 2 is 2.06 bits per heavy atom. The standard InChI is InChI=1S/C14H21BrClN/c1-4-8-17-13(9-10(2)3)11-6-5-7-12(15)14(11)16/h5-7,10,13,17H,4,8-9H2,1-3H3. The van der Waals surface area contributed by atoms with Gasteiger partial charge >= 0.3 is 0 Å². The summed E-state index contributed by atoms with van der Waals surface area (Å²) in [6.07, 6.45) is 2.25. The third-order valence-electron chi connectivity index (χ3n) is 2.70. The van der Waals surface area contributed by atoms with Crippen LogP contribution in [0, 0.1) is 5.92 Å². The second kappa shape index (κ2) is 7.40. The number of rotatable bonds is 6. The molecule has 0 aliphatic rings. The predicted octanol–water partition coefficient (Wildman–Crippen LogP) is 5.19. The van der Waals surface area contributed by atoms with Crippen molar-refractivity contribution in [1.82, 2.24) is 5.32 Å². The zero-order chi connectivity index (χ0) is 12.8. The van der Waals surface area contributed by atoms with Crippen LogP contribution in [0.15, 0.2) is 22.7 Å². The molecular weight excluding hydrogens is 298 g/mol. The van der Waals surface area contributed by atoms with Crippen molar-refractivity contribution in [2.75, 3.05) is 6.54 Å². The number of hydrogen-bond donors (Lipinski definition) is 1. The number of hydrogen-bond acceptors (Lipinski definition) is 1. The van der Waals surface area contributed by atoms with E-state index < -0.39 is 0 Å². The molecule has 0 amide bonds. The van der Waals surface area contributed by atoms with E-state index in [0.29, 0.717) is 12.0 Å². The zero-order valence-corrected chi connectivity index (χ0v) is 13.1. The SMILES string of the molecule is CCCNC(CC(C)C)c1cccc(Br)c1Cl. The van der Waals surface area contributed by atoms with Crippen molar-refractivity contribution in [2.24, 2.45) is 5.92 Å². The van der Waals surface area contributed by atoms with Crippen LogP contribution in [0.5, 0.6) is 0 Å². The predicted molar refractivity (Wildman–Crippen MR) is 79.6 cm³/mol. The van der Waals surface area contributed by atoms with Crippen molar-refractivity contribution in [3.8, 4) is 0 Å². The highest BCUT2D eigenvalue weighted by Crippen LogP contribution is 2.32. The molecule has 0 bridgehead atoms. The van der Waals surface area contributed by atoms with Gasteiger partial charge in [-0.15, -0.1) is 0 Å². The summed E-state index contributed by atoms with van der Waals surface area (Å²) in [7, 11) is 0. The van der Waals surface area contributed by atoms with Crippen LogP contribution in [0.2, 0.25) is 5.02 Å². The van der Waals surface area contributed by atoms with E-state index in [1.54, 1.807) is 0 Å². The first-order valence-electron chi connectivity index (χ1n) is 6.23. The summed E-state index contributed by atoms with van der Waals surface area (Å²) in [6.45, 7) is 7.70. The average Bonchev–Trinajstić information content (AvgIpc) is 2.28. The van der Waals surface area contributed by atoms with Gasteiger partial charge in [-0.2, -0.15) is 0 Å². The van der Waals surface area contributed by atoms with E-state index in [9.17, 15) is 0 Å². The Morgan fingerprint density at radius 3 is 2.65 bits per heavy atom. The fourth-order valence-corrected chi connectivity index (χ4v) is 2.54. The van der Waals surface area contributed by atoms with Gasteiger partial charge in [0.25, 0.3) is 0 Å². The Balaban J connectivity index is 2.90. The van der Waals surface area contributed by atoms with Crippen LogP contribution in [-0.2, 0) is 0 Å². The smallest absolute Gasteiger partial charge is 0.0595 e. The van der Waals surface area contributed by atoms with E-state index in [1.165, 1.54) is 5.56 Å². The van der Waals surface area contributed by atoms with Gasteiger partial charge in [-0.25, -0.2) is 0 Å². The van der Waals surface area contributed by atoms with E-state index in [2.05, 4.69) is 48.1 Å². The molecule has 0 radical (unpaired) electrons. The molecule has 1 N–H and O–H groups in total. The van der Waals surface area contributed by atoms with Gasteiger partial charge in [-0.1, -0.05) is 44.5 Å². The Hall–Kier alpha value is -0.0500. The van der Waals surface area contributed by atoms with E-state index in [-0.39, 0.29) is 0 Å². The lowest BCUT2D eigenvalue weighted by Crippen LogP contribution is -2.23. The van der Waals surface area contributed by atoms with Crippen LogP contribution in [-0.4, -0.2) is 6.54 Å². The molecular formula is C14H21BrClN. The molecule has 0 aromatic heterocycles. The van der Waals surface area contributed by atoms with Crippen molar-refractivity contribution < 1.29 is 0 Å². The van der Waals surface area contributed by atoms with Gasteiger partial charge in [0, 0.05) is 10.5 Å². The third-order valence-corrected chi connectivity index (χ3v) is 4.02. The summed E-state index contributed by atoms with van der Waals surface area (Å²) in [5.74, 6) is 0.652. The fourth-order valence-electron chi connectivity index (χ4n) is 1.90. The van der Waals surface area contributed by atoms with Gasteiger partial charge in [0.15, 0.2) is 0 Å². The van der Waals surface area contributed by atoms with Crippen LogP contribution < -0.4 is 5.32 Å². The van der Waals surface area contributed by atoms with Crippen LogP contribution >= 0.6 is 27.5 Å². The maximum Gasteiger partial charge on any atom is 0.0595 e. The minimum Gasteiger partial charge on any atom is -0.310 e. The number of nitrogens with one attached hydrogen (secondary N) is 1. The fraction of sp³-hybridized carbons (Fsp3) is 0.571. The number of halogens is 2. The lowest BCUT2D eigenvalue weighted by molar-refractivity contribution is 0.430. The topological polar surface area (TPSA) is 12.0 Å². The van der Waals surface area contributed by atoms with Crippen LogP contribution in [0.25, 0.3) is 0 Å². The van der Waals surface area contributed by atoms with Gasteiger partial charge in [0.2, 0.25) is 0 Å². The molecule has 3 heteroatoms. The quantitative estimate of drug-likeness (QED) is 0.761. The van der Waals surface area contributed by atoms with Gasteiger partial charge in [-0.05, 0) is 52.9 Å². The van der Waals surface area contributed by atoms with Crippen molar-refractivity contribution >= 4 is 27.5 Å². The largest absolute Gasteiger partial charge is 0.310 e. The first-order valence-corrected chi connectivity index (χ1v) is 7.40. The molecule has 1 nitrogen and oxygen atoms in total. The summed E-state index contributed by atoms with van der Waals surface area (Å²) in [6, 6.07) is 6.49. The van der Waals surface area contributed by atoms with E-state index in [4.69, 9.17) is 11.6 Å². The van der Waals surface area contributed by atoms with Crippen molar-refractivity contribution in [3.05, 3.63) is 33.3 Å². The van der Waals surface area contributed by atoms with E-state index >= 15 is 0 Å². The van der Waals surface area contributed by atoms with Crippen LogP contribution in [0.1, 0.15) is 45.2 Å². The van der Waals surface area contributed by atoms with Crippen molar-refractivity contribution in [1.29, 1.82) is 0 Å². The Labute approximate surface area is 118 Å². The minimum atomic E-state index is 0.347. The highest BCUT2D eigenvalue weighted by molar-refractivity contribution is 9.10. The molecule has 17 heavy (non-hydrogen) atoms. The third kappa shape index (κ3) is 4.61. The first kappa shape index (κ1) is 15.0. The average molecular weight is 319 g/mol. The molecule has 96 valence electrons.